The Bertz CT molecular complexity index is 1110. The SMILES string of the molecule is CCC/C=C\CCCCCCCCOCC(COC1OC(COC2OC(CO)C(O)C(O)C2O)C(O)C(O)C1O)OC(=O)CCCCCCC/C=C\CCCCCCCCC. The first-order valence-electron chi connectivity index (χ1n) is 23.9. The Balaban J connectivity index is 1.80. The lowest BCUT2D eigenvalue weighted by molar-refractivity contribution is -0.332. The summed E-state index contributed by atoms with van der Waals surface area (Å²) >= 11 is 0. The van der Waals surface area contributed by atoms with Gasteiger partial charge in [0.25, 0.3) is 0 Å². The Hall–Kier alpha value is -1.53. The van der Waals surface area contributed by atoms with Gasteiger partial charge in [0.2, 0.25) is 0 Å². The molecule has 14 heteroatoms. The second kappa shape index (κ2) is 35.8. The van der Waals surface area contributed by atoms with Gasteiger partial charge < -0.3 is 64.2 Å². The lowest BCUT2D eigenvalue weighted by Gasteiger charge is -2.42. The summed E-state index contributed by atoms with van der Waals surface area (Å²) in [6.07, 6.45) is 19.6. The zero-order valence-corrected chi connectivity index (χ0v) is 37.7. The summed E-state index contributed by atoms with van der Waals surface area (Å²) in [6.45, 7) is 3.60. The molecule has 0 aliphatic carbocycles. The number of rotatable bonds is 37. The van der Waals surface area contributed by atoms with Crippen molar-refractivity contribution in [1.29, 1.82) is 0 Å². The molecule has 14 nitrogen and oxygen atoms in total. The third kappa shape index (κ3) is 24.4. The molecule has 2 heterocycles. The van der Waals surface area contributed by atoms with Crippen LogP contribution in [0.3, 0.4) is 0 Å². The molecule has 0 aromatic rings. The van der Waals surface area contributed by atoms with Crippen LogP contribution in [0.15, 0.2) is 24.3 Å². The monoisotopic (exact) mass is 875 g/mol. The van der Waals surface area contributed by atoms with E-state index in [-0.39, 0.29) is 25.6 Å². The molecule has 2 aliphatic rings. The number of unbranched alkanes of at least 4 members (excludes halogenated alkanes) is 19. The van der Waals surface area contributed by atoms with E-state index in [9.17, 15) is 40.5 Å². The largest absolute Gasteiger partial charge is 0.457 e. The first-order valence-corrected chi connectivity index (χ1v) is 23.9. The van der Waals surface area contributed by atoms with Gasteiger partial charge in [0.05, 0.1) is 26.4 Å². The van der Waals surface area contributed by atoms with E-state index in [4.69, 9.17) is 28.4 Å². The van der Waals surface area contributed by atoms with E-state index in [2.05, 4.69) is 38.2 Å². The molecule has 0 radical (unpaired) electrons. The maximum atomic E-state index is 12.9. The third-order valence-electron chi connectivity index (χ3n) is 11.4. The number of allylic oxidation sites excluding steroid dienone is 4. The fourth-order valence-electron chi connectivity index (χ4n) is 7.46. The van der Waals surface area contributed by atoms with Gasteiger partial charge in [-0.2, -0.15) is 0 Å². The molecular weight excluding hydrogens is 789 g/mol. The molecular formula is C47H86O14. The molecule has 7 N–H and O–H groups in total. The Morgan fingerprint density at radius 1 is 0.525 bits per heavy atom. The maximum Gasteiger partial charge on any atom is 0.306 e. The molecule has 11 unspecified atom stereocenters. The van der Waals surface area contributed by atoms with Crippen molar-refractivity contribution in [2.75, 3.05) is 33.0 Å². The maximum absolute atomic E-state index is 12.9. The van der Waals surface area contributed by atoms with E-state index in [1.54, 1.807) is 0 Å². The van der Waals surface area contributed by atoms with Crippen LogP contribution in [-0.4, -0.2) is 142 Å². The Morgan fingerprint density at radius 2 is 1.00 bits per heavy atom. The summed E-state index contributed by atoms with van der Waals surface area (Å²) in [5.41, 5.74) is 0. The Morgan fingerprint density at radius 3 is 1.56 bits per heavy atom. The minimum absolute atomic E-state index is 0.0555. The molecule has 358 valence electrons. The van der Waals surface area contributed by atoms with Crippen molar-refractivity contribution >= 4 is 5.97 Å². The summed E-state index contributed by atoms with van der Waals surface area (Å²) < 4.78 is 34.1. The van der Waals surface area contributed by atoms with E-state index >= 15 is 0 Å². The van der Waals surface area contributed by atoms with Gasteiger partial charge in [0, 0.05) is 13.0 Å². The molecule has 0 saturated carbocycles. The highest BCUT2D eigenvalue weighted by molar-refractivity contribution is 5.69. The van der Waals surface area contributed by atoms with Gasteiger partial charge in [0.1, 0.15) is 54.9 Å². The number of ether oxygens (including phenoxy) is 6. The normalized spacial score (nSPS) is 27.6. The number of hydrogen-bond acceptors (Lipinski definition) is 14. The highest BCUT2D eigenvalue weighted by Crippen LogP contribution is 2.26. The van der Waals surface area contributed by atoms with Gasteiger partial charge in [-0.15, -0.1) is 0 Å². The smallest absolute Gasteiger partial charge is 0.306 e. The topological polar surface area (TPSA) is 214 Å². The van der Waals surface area contributed by atoms with Gasteiger partial charge in [-0.05, 0) is 57.8 Å². The predicted molar refractivity (Wildman–Crippen MR) is 233 cm³/mol. The van der Waals surface area contributed by atoms with E-state index < -0.39 is 80.7 Å². The lowest BCUT2D eigenvalue weighted by Crippen LogP contribution is -2.61. The first kappa shape index (κ1) is 55.6. The van der Waals surface area contributed by atoms with Gasteiger partial charge >= 0.3 is 5.97 Å². The molecule has 2 aliphatic heterocycles. The third-order valence-corrected chi connectivity index (χ3v) is 11.4. The van der Waals surface area contributed by atoms with Crippen LogP contribution < -0.4 is 0 Å². The second-order valence-corrected chi connectivity index (χ2v) is 16.9. The Kier molecular flexibility index (Phi) is 32.6. The van der Waals surface area contributed by atoms with Crippen LogP contribution in [0.4, 0.5) is 0 Å². The molecule has 0 spiro atoms. The zero-order valence-electron chi connectivity index (χ0n) is 37.7. The molecule has 0 aromatic heterocycles. The van der Waals surface area contributed by atoms with Crippen LogP contribution in [0.2, 0.25) is 0 Å². The molecule has 0 amide bonds. The van der Waals surface area contributed by atoms with E-state index in [1.807, 2.05) is 0 Å². The summed E-state index contributed by atoms with van der Waals surface area (Å²) in [5, 5.41) is 71.9. The fourth-order valence-corrected chi connectivity index (χ4v) is 7.46. The molecule has 11 atom stereocenters. The summed E-state index contributed by atoms with van der Waals surface area (Å²) in [4.78, 5) is 12.9. The molecule has 2 fully saturated rings. The predicted octanol–water partition coefficient (Wildman–Crippen LogP) is 6.07. The van der Waals surface area contributed by atoms with Crippen molar-refractivity contribution < 1.29 is 69.0 Å². The minimum Gasteiger partial charge on any atom is -0.457 e. The summed E-state index contributed by atoms with van der Waals surface area (Å²) in [5.74, 6) is -0.388. The molecule has 2 saturated heterocycles. The number of aliphatic hydroxyl groups is 7. The average Bonchev–Trinajstić information content (AvgIpc) is 3.25. The summed E-state index contributed by atoms with van der Waals surface area (Å²) in [6, 6.07) is 0. The van der Waals surface area contributed by atoms with Gasteiger partial charge in [-0.3, -0.25) is 4.79 Å². The number of esters is 1. The number of hydrogen-bond donors (Lipinski definition) is 7. The van der Waals surface area contributed by atoms with E-state index in [1.165, 1.54) is 70.6 Å². The molecule has 0 aromatic carbocycles. The van der Waals surface area contributed by atoms with Gasteiger partial charge in [-0.25, -0.2) is 0 Å². The zero-order chi connectivity index (χ0) is 44.5. The second-order valence-electron chi connectivity index (χ2n) is 16.9. The van der Waals surface area contributed by atoms with Crippen molar-refractivity contribution in [3.63, 3.8) is 0 Å². The highest BCUT2D eigenvalue weighted by Gasteiger charge is 2.47. The molecule has 61 heavy (non-hydrogen) atoms. The number of carbonyl (C=O) groups excluding carboxylic acids is 1. The van der Waals surface area contributed by atoms with Crippen LogP contribution >= 0.6 is 0 Å². The van der Waals surface area contributed by atoms with Crippen molar-refractivity contribution in [2.24, 2.45) is 0 Å². The number of carbonyl (C=O) groups is 1. The van der Waals surface area contributed by atoms with Gasteiger partial charge in [0.15, 0.2) is 12.6 Å². The standard InChI is InChI=1S/C47H86O14/c1-3-5-7-9-11-13-15-16-17-18-19-20-22-24-26-28-30-39(49)59-36(33-56-31-29-27-25-23-21-14-12-10-8-6-4-2)34-57-46-45(55)43(53)41(51)38(61-46)35-58-47-44(54)42(52)40(50)37(32-48)60-47/h8,10,17-18,36-38,40-48,50-55H,3-7,9,11-16,19-35H2,1-2H3/b10-8-,18-17-. The van der Waals surface area contributed by atoms with Crippen LogP contribution in [0, 0.1) is 0 Å². The van der Waals surface area contributed by atoms with Crippen molar-refractivity contribution in [3.05, 3.63) is 24.3 Å². The highest BCUT2D eigenvalue weighted by atomic mass is 16.7. The van der Waals surface area contributed by atoms with E-state index in [0.717, 1.165) is 70.6 Å². The van der Waals surface area contributed by atoms with Crippen LogP contribution in [0.5, 0.6) is 0 Å². The number of aliphatic hydroxyl groups excluding tert-OH is 7. The van der Waals surface area contributed by atoms with Crippen LogP contribution in [0.1, 0.15) is 168 Å². The van der Waals surface area contributed by atoms with Crippen LogP contribution in [0.25, 0.3) is 0 Å². The average molecular weight is 875 g/mol. The quantitative estimate of drug-likeness (QED) is 0.0215. The first-order chi connectivity index (χ1) is 29.6. The minimum atomic E-state index is -1.71. The molecule has 2 rings (SSSR count). The van der Waals surface area contributed by atoms with Crippen molar-refractivity contribution in [1.82, 2.24) is 0 Å². The van der Waals surface area contributed by atoms with Crippen LogP contribution in [-0.2, 0) is 33.2 Å². The summed E-state index contributed by atoms with van der Waals surface area (Å²) in [7, 11) is 0. The van der Waals surface area contributed by atoms with Gasteiger partial charge in [-0.1, -0.05) is 128 Å². The molecule has 0 bridgehead atoms. The Labute approximate surface area is 367 Å². The van der Waals surface area contributed by atoms with E-state index in [0.29, 0.717) is 13.0 Å². The fraction of sp³-hybridized carbons (Fsp3) is 0.894. The van der Waals surface area contributed by atoms with Crippen molar-refractivity contribution in [3.8, 4) is 0 Å². The lowest BCUT2D eigenvalue weighted by atomic mass is 9.98. The van der Waals surface area contributed by atoms with Crippen molar-refractivity contribution in [2.45, 2.75) is 235 Å².